The van der Waals surface area contributed by atoms with Gasteiger partial charge in [0.1, 0.15) is 0 Å². The number of nitrogens with two attached hydrogens (primary N) is 1. The molecule has 1 aromatic rings. The highest BCUT2D eigenvalue weighted by atomic mass is 16.4. The summed E-state index contributed by atoms with van der Waals surface area (Å²) in [6, 6.07) is 7.49. The summed E-state index contributed by atoms with van der Waals surface area (Å²) in [4.78, 5) is 24.8. The van der Waals surface area contributed by atoms with E-state index in [9.17, 15) is 9.59 Å². The molecule has 0 spiro atoms. The number of rotatable bonds is 4. The van der Waals surface area contributed by atoms with Crippen LogP contribution >= 0.6 is 0 Å². The molecule has 1 aliphatic rings. The van der Waals surface area contributed by atoms with Crippen molar-refractivity contribution in [3.05, 3.63) is 29.8 Å². The van der Waals surface area contributed by atoms with E-state index in [-0.39, 0.29) is 5.91 Å². The van der Waals surface area contributed by atoms with E-state index >= 15 is 0 Å². The van der Waals surface area contributed by atoms with Gasteiger partial charge in [0, 0.05) is 25.2 Å². The standard InChI is InChI=1S/C15H20N2O3/c16-13-5-1-3-11(9-13)6-7-14(18)17-8-2-4-12(10-17)15(19)20/h1,3,5,9,12H,2,4,6-8,10,16H2,(H,19,20)/t12-/m0/s1. The van der Waals surface area contributed by atoms with Crippen LogP contribution < -0.4 is 5.73 Å². The van der Waals surface area contributed by atoms with Crippen LogP contribution in [0, 0.1) is 5.92 Å². The summed E-state index contributed by atoms with van der Waals surface area (Å²) in [5, 5.41) is 9.02. The van der Waals surface area contributed by atoms with Crippen LogP contribution in [-0.2, 0) is 16.0 Å². The Hall–Kier alpha value is -2.04. The maximum absolute atomic E-state index is 12.1. The fourth-order valence-corrected chi connectivity index (χ4v) is 2.56. The van der Waals surface area contributed by atoms with Crippen LogP contribution in [0.1, 0.15) is 24.8 Å². The zero-order chi connectivity index (χ0) is 14.5. The Balaban J connectivity index is 1.87. The molecule has 20 heavy (non-hydrogen) atoms. The summed E-state index contributed by atoms with van der Waals surface area (Å²) in [6.45, 7) is 1.00. The first-order chi connectivity index (χ1) is 9.56. The van der Waals surface area contributed by atoms with E-state index in [4.69, 9.17) is 10.8 Å². The van der Waals surface area contributed by atoms with Gasteiger partial charge < -0.3 is 15.7 Å². The fourth-order valence-electron chi connectivity index (χ4n) is 2.56. The minimum atomic E-state index is -0.807. The normalized spacial score (nSPS) is 18.8. The molecule has 5 nitrogen and oxygen atoms in total. The molecule has 1 heterocycles. The first-order valence-corrected chi connectivity index (χ1v) is 6.91. The summed E-state index contributed by atoms with van der Waals surface area (Å²) < 4.78 is 0. The highest BCUT2D eigenvalue weighted by molar-refractivity contribution is 5.78. The van der Waals surface area contributed by atoms with Gasteiger partial charge in [0.2, 0.25) is 5.91 Å². The van der Waals surface area contributed by atoms with Gasteiger partial charge in [0.05, 0.1) is 5.92 Å². The van der Waals surface area contributed by atoms with Gasteiger partial charge in [-0.15, -0.1) is 0 Å². The van der Waals surface area contributed by atoms with E-state index in [1.807, 2.05) is 24.3 Å². The Labute approximate surface area is 118 Å². The molecule has 1 saturated heterocycles. The molecule has 1 aliphatic heterocycles. The van der Waals surface area contributed by atoms with Crippen LogP contribution in [0.15, 0.2) is 24.3 Å². The van der Waals surface area contributed by atoms with Crippen LogP contribution in [0.3, 0.4) is 0 Å². The monoisotopic (exact) mass is 276 g/mol. The molecular formula is C15H20N2O3. The lowest BCUT2D eigenvalue weighted by Crippen LogP contribution is -2.42. The van der Waals surface area contributed by atoms with Crippen LogP contribution in [0.2, 0.25) is 0 Å². The Kier molecular flexibility index (Phi) is 4.61. The second-order valence-corrected chi connectivity index (χ2v) is 5.26. The number of nitrogens with zero attached hydrogens (tertiary/aromatic N) is 1. The quantitative estimate of drug-likeness (QED) is 0.817. The molecule has 3 N–H and O–H groups in total. The minimum absolute atomic E-state index is 0.0263. The van der Waals surface area contributed by atoms with Crippen molar-refractivity contribution in [1.29, 1.82) is 0 Å². The highest BCUT2D eigenvalue weighted by Crippen LogP contribution is 2.18. The summed E-state index contributed by atoms with van der Waals surface area (Å²) >= 11 is 0. The molecule has 1 atom stereocenters. The molecular weight excluding hydrogens is 256 g/mol. The smallest absolute Gasteiger partial charge is 0.308 e. The van der Waals surface area contributed by atoms with Crippen molar-refractivity contribution < 1.29 is 14.7 Å². The number of amides is 1. The van der Waals surface area contributed by atoms with E-state index in [1.165, 1.54) is 0 Å². The Bertz CT molecular complexity index is 502. The number of carbonyl (C=O) groups excluding carboxylic acids is 1. The van der Waals surface area contributed by atoms with Gasteiger partial charge in [0.25, 0.3) is 0 Å². The number of carboxylic acid groups (broad SMARTS) is 1. The molecule has 0 unspecified atom stereocenters. The third-order valence-electron chi connectivity index (χ3n) is 3.70. The average molecular weight is 276 g/mol. The number of likely N-dealkylation sites (tertiary alicyclic amines) is 1. The van der Waals surface area contributed by atoms with E-state index < -0.39 is 11.9 Å². The number of hydrogen-bond acceptors (Lipinski definition) is 3. The lowest BCUT2D eigenvalue weighted by atomic mass is 9.97. The molecule has 0 radical (unpaired) electrons. The predicted molar refractivity (Wildman–Crippen MR) is 76.1 cm³/mol. The molecule has 1 amide bonds. The van der Waals surface area contributed by atoms with Gasteiger partial charge in [-0.2, -0.15) is 0 Å². The van der Waals surface area contributed by atoms with Gasteiger partial charge in [0.15, 0.2) is 0 Å². The van der Waals surface area contributed by atoms with Crippen molar-refractivity contribution in [1.82, 2.24) is 4.90 Å². The summed E-state index contributed by atoms with van der Waals surface area (Å²) in [7, 11) is 0. The van der Waals surface area contributed by atoms with Gasteiger partial charge in [-0.05, 0) is 37.0 Å². The molecule has 2 rings (SSSR count). The van der Waals surface area contributed by atoms with Crippen LogP contribution in [0.25, 0.3) is 0 Å². The number of piperidine rings is 1. The average Bonchev–Trinajstić information content (AvgIpc) is 2.45. The van der Waals surface area contributed by atoms with Crippen molar-refractivity contribution in [2.45, 2.75) is 25.7 Å². The maximum Gasteiger partial charge on any atom is 0.308 e. The van der Waals surface area contributed by atoms with Crippen molar-refractivity contribution in [2.75, 3.05) is 18.8 Å². The number of anilines is 1. The molecule has 0 aliphatic carbocycles. The van der Waals surface area contributed by atoms with E-state index in [0.29, 0.717) is 38.0 Å². The largest absolute Gasteiger partial charge is 0.481 e. The van der Waals surface area contributed by atoms with Gasteiger partial charge in [-0.25, -0.2) is 0 Å². The van der Waals surface area contributed by atoms with E-state index in [0.717, 1.165) is 12.0 Å². The summed E-state index contributed by atoms with van der Waals surface area (Å²) in [5.41, 5.74) is 7.42. The van der Waals surface area contributed by atoms with Crippen LogP contribution in [-0.4, -0.2) is 35.0 Å². The Morgan fingerprint density at radius 2 is 2.20 bits per heavy atom. The number of carbonyl (C=O) groups is 2. The lowest BCUT2D eigenvalue weighted by molar-refractivity contribution is -0.145. The van der Waals surface area contributed by atoms with Crippen LogP contribution in [0.5, 0.6) is 0 Å². The van der Waals surface area contributed by atoms with E-state index in [1.54, 1.807) is 4.90 Å². The maximum atomic E-state index is 12.1. The molecule has 5 heteroatoms. The molecule has 1 aromatic carbocycles. The second kappa shape index (κ2) is 6.41. The first kappa shape index (κ1) is 14.4. The lowest BCUT2D eigenvalue weighted by Gasteiger charge is -2.30. The fraction of sp³-hybridized carbons (Fsp3) is 0.467. The number of benzene rings is 1. The number of nitrogen functional groups attached to an aromatic ring is 1. The second-order valence-electron chi connectivity index (χ2n) is 5.26. The zero-order valence-electron chi connectivity index (χ0n) is 11.4. The summed E-state index contributed by atoms with van der Waals surface area (Å²) in [6.07, 6.45) is 2.46. The molecule has 0 bridgehead atoms. The predicted octanol–water partition coefficient (Wildman–Crippen LogP) is 1.52. The highest BCUT2D eigenvalue weighted by Gasteiger charge is 2.27. The van der Waals surface area contributed by atoms with Gasteiger partial charge in [-0.3, -0.25) is 9.59 Å². The van der Waals surface area contributed by atoms with Crippen LogP contribution in [0.4, 0.5) is 5.69 Å². The molecule has 0 aromatic heterocycles. The minimum Gasteiger partial charge on any atom is -0.481 e. The Morgan fingerprint density at radius 1 is 1.40 bits per heavy atom. The first-order valence-electron chi connectivity index (χ1n) is 6.91. The van der Waals surface area contributed by atoms with E-state index in [2.05, 4.69) is 0 Å². The van der Waals surface area contributed by atoms with Crippen molar-refractivity contribution in [3.8, 4) is 0 Å². The third kappa shape index (κ3) is 3.73. The van der Waals surface area contributed by atoms with Crippen molar-refractivity contribution in [3.63, 3.8) is 0 Å². The Morgan fingerprint density at radius 3 is 2.90 bits per heavy atom. The molecule has 0 saturated carbocycles. The van der Waals surface area contributed by atoms with Gasteiger partial charge >= 0.3 is 5.97 Å². The van der Waals surface area contributed by atoms with Gasteiger partial charge in [-0.1, -0.05) is 12.1 Å². The number of aliphatic carboxylic acids is 1. The SMILES string of the molecule is Nc1cccc(CCC(=O)N2CCC[C@H](C(=O)O)C2)c1. The number of aryl methyl sites for hydroxylation is 1. The molecule has 1 fully saturated rings. The van der Waals surface area contributed by atoms with Crippen molar-refractivity contribution in [2.24, 2.45) is 5.92 Å². The summed E-state index contributed by atoms with van der Waals surface area (Å²) in [5.74, 6) is -1.20. The van der Waals surface area contributed by atoms with Crippen molar-refractivity contribution >= 4 is 17.6 Å². The third-order valence-corrected chi connectivity index (χ3v) is 3.70. The topological polar surface area (TPSA) is 83.6 Å². The number of hydrogen-bond donors (Lipinski definition) is 2. The number of carboxylic acids is 1. The molecule has 108 valence electrons. The zero-order valence-corrected chi connectivity index (χ0v) is 11.4.